The number of methoxy groups -OCH3 is 2. The minimum absolute atomic E-state index is 0.0589. The maximum Gasteiger partial charge on any atom is 0.207 e. The van der Waals surface area contributed by atoms with Gasteiger partial charge in [-0.2, -0.15) is 0 Å². The molecule has 94 valence electrons. The van der Waals surface area contributed by atoms with Crippen molar-refractivity contribution in [2.75, 3.05) is 14.2 Å². The molecule has 18 heavy (non-hydrogen) atoms. The maximum absolute atomic E-state index is 12.4. The van der Waals surface area contributed by atoms with Gasteiger partial charge in [0.15, 0.2) is 0 Å². The number of thiophene rings is 1. The van der Waals surface area contributed by atoms with Crippen molar-refractivity contribution in [3.63, 3.8) is 0 Å². The molecule has 0 spiro atoms. The molecule has 0 amide bonds. The molecule has 0 unspecified atom stereocenters. The highest BCUT2D eigenvalue weighted by Crippen LogP contribution is 2.31. The van der Waals surface area contributed by atoms with Crippen LogP contribution in [-0.2, 0) is 0 Å². The Morgan fingerprint density at radius 1 is 1.22 bits per heavy atom. The standard InChI is InChI=1S/C13H11BrO3S/c1-16-8-3-4-9(11(7-8)17-2)12(15)13-10(14)5-6-18-13/h3-7H,1-2H3. The fourth-order valence-electron chi connectivity index (χ4n) is 1.56. The second kappa shape index (κ2) is 5.54. The highest BCUT2D eigenvalue weighted by atomic mass is 79.9. The van der Waals surface area contributed by atoms with Crippen LogP contribution in [0.4, 0.5) is 0 Å². The summed E-state index contributed by atoms with van der Waals surface area (Å²) in [4.78, 5) is 13.0. The Balaban J connectivity index is 2.45. The van der Waals surface area contributed by atoms with Crippen molar-refractivity contribution in [1.82, 2.24) is 0 Å². The summed E-state index contributed by atoms with van der Waals surface area (Å²) in [5, 5.41) is 1.87. The van der Waals surface area contributed by atoms with Crippen molar-refractivity contribution in [2.45, 2.75) is 0 Å². The molecule has 1 aromatic carbocycles. The van der Waals surface area contributed by atoms with Crippen LogP contribution in [0.3, 0.4) is 0 Å². The zero-order valence-corrected chi connectivity index (χ0v) is 12.3. The summed E-state index contributed by atoms with van der Waals surface area (Å²) in [6.07, 6.45) is 0. The predicted molar refractivity (Wildman–Crippen MR) is 75.0 cm³/mol. The molecule has 2 rings (SSSR count). The molecule has 0 aliphatic heterocycles. The topological polar surface area (TPSA) is 35.5 Å². The molecule has 0 N–H and O–H groups in total. The molecule has 0 fully saturated rings. The molecule has 0 bridgehead atoms. The SMILES string of the molecule is COc1ccc(C(=O)c2sccc2Br)c(OC)c1. The molecule has 3 nitrogen and oxygen atoms in total. The summed E-state index contributed by atoms with van der Waals surface area (Å²) < 4.78 is 11.1. The first kappa shape index (κ1) is 13.1. The number of hydrogen-bond acceptors (Lipinski definition) is 4. The quantitative estimate of drug-likeness (QED) is 0.802. The molecular formula is C13H11BrO3S. The minimum atomic E-state index is -0.0589. The first-order valence-corrected chi connectivity index (χ1v) is 6.84. The van der Waals surface area contributed by atoms with E-state index in [1.807, 2.05) is 11.4 Å². The van der Waals surface area contributed by atoms with Crippen LogP contribution in [0.15, 0.2) is 34.1 Å². The third-order valence-electron chi connectivity index (χ3n) is 2.48. The van der Waals surface area contributed by atoms with E-state index in [2.05, 4.69) is 15.9 Å². The Hall–Kier alpha value is -1.33. The first-order valence-electron chi connectivity index (χ1n) is 5.17. The van der Waals surface area contributed by atoms with Crippen LogP contribution in [0.5, 0.6) is 11.5 Å². The van der Waals surface area contributed by atoms with Crippen LogP contribution < -0.4 is 9.47 Å². The molecule has 5 heteroatoms. The molecule has 1 heterocycles. The highest BCUT2D eigenvalue weighted by Gasteiger charge is 2.18. The van der Waals surface area contributed by atoms with Crippen LogP contribution in [0.25, 0.3) is 0 Å². The molecule has 0 aliphatic carbocycles. The highest BCUT2D eigenvalue weighted by molar-refractivity contribution is 9.10. The van der Waals surface area contributed by atoms with Gasteiger partial charge in [-0.15, -0.1) is 11.3 Å². The van der Waals surface area contributed by atoms with E-state index >= 15 is 0 Å². The molecule has 1 aromatic heterocycles. The van der Waals surface area contributed by atoms with E-state index in [1.165, 1.54) is 18.4 Å². The lowest BCUT2D eigenvalue weighted by Gasteiger charge is -2.09. The van der Waals surface area contributed by atoms with Gasteiger partial charge in [0.1, 0.15) is 11.5 Å². The summed E-state index contributed by atoms with van der Waals surface area (Å²) in [6.45, 7) is 0. The zero-order valence-electron chi connectivity index (χ0n) is 9.90. The Kier molecular flexibility index (Phi) is 4.04. The van der Waals surface area contributed by atoms with E-state index in [4.69, 9.17) is 9.47 Å². The fourth-order valence-corrected chi connectivity index (χ4v) is 3.07. The Bertz CT molecular complexity index is 577. The van der Waals surface area contributed by atoms with E-state index < -0.39 is 0 Å². The summed E-state index contributed by atoms with van der Waals surface area (Å²) in [5.41, 5.74) is 0.529. The van der Waals surface area contributed by atoms with Gasteiger partial charge in [-0.3, -0.25) is 4.79 Å². The molecular weight excluding hydrogens is 316 g/mol. The van der Waals surface area contributed by atoms with Gasteiger partial charge < -0.3 is 9.47 Å². The summed E-state index contributed by atoms with van der Waals surface area (Å²) >= 11 is 4.76. The Morgan fingerprint density at radius 3 is 2.56 bits per heavy atom. The van der Waals surface area contributed by atoms with E-state index in [0.29, 0.717) is 21.9 Å². The molecule has 0 saturated heterocycles. The Morgan fingerprint density at radius 2 is 2.00 bits per heavy atom. The van der Waals surface area contributed by atoms with Crippen molar-refractivity contribution in [1.29, 1.82) is 0 Å². The number of rotatable bonds is 4. The number of carbonyl (C=O) groups excluding carboxylic acids is 1. The van der Waals surface area contributed by atoms with Crippen LogP contribution in [0, 0.1) is 0 Å². The van der Waals surface area contributed by atoms with Gasteiger partial charge in [0.05, 0.1) is 24.7 Å². The number of carbonyl (C=O) groups is 1. The van der Waals surface area contributed by atoms with Crippen molar-refractivity contribution in [2.24, 2.45) is 0 Å². The van der Waals surface area contributed by atoms with Gasteiger partial charge in [-0.1, -0.05) is 0 Å². The van der Waals surface area contributed by atoms with Gasteiger partial charge in [0, 0.05) is 10.5 Å². The van der Waals surface area contributed by atoms with Crippen LogP contribution >= 0.6 is 27.3 Å². The molecule has 0 radical (unpaired) electrons. The van der Waals surface area contributed by atoms with Crippen LogP contribution in [0.2, 0.25) is 0 Å². The summed E-state index contributed by atoms with van der Waals surface area (Å²) in [5.74, 6) is 1.12. The van der Waals surface area contributed by atoms with Gasteiger partial charge in [0.2, 0.25) is 5.78 Å². The smallest absolute Gasteiger partial charge is 0.207 e. The predicted octanol–water partition coefficient (Wildman–Crippen LogP) is 3.76. The van der Waals surface area contributed by atoms with E-state index in [0.717, 1.165) is 4.47 Å². The van der Waals surface area contributed by atoms with Gasteiger partial charge in [-0.25, -0.2) is 0 Å². The average Bonchev–Trinajstić information content (AvgIpc) is 2.83. The lowest BCUT2D eigenvalue weighted by molar-refractivity contribution is 0.103. The summed E-state index contributed by atoms with van der Waals surface area (Å²) in [6, 6.07) is 7.02. The second-order valence-electron chi connectivity index (χ2n) is 3.49. The summed E-state index contributed by atoms with van der Waals surface area (Å²) in [7, 11) is 3.11. The fraction of sp³-hybridized carbons (Fsp3) is 0.154. The third-order valence-corrected chi connectivity index (χ3v) is 4.31. The van der Waals surface area contributed by atoms with Crippen LogP contribution in [-0.4, -0.2) is 20.0 Å². The number of hydrogen-bond donors (Lipinski definition) is 0. The van der Waals surface area contributed by atoms with Gasteiger partial charge in [0.25, 0.3) is 0 Å². The van der Waals surface area contributed by atoms with Crippen molar-refractivity contribution in [3.8, 4) is 11.5 Å². The number of ether oxygens (including phenoxy) is 2. The number of halogens is 1. The monoisotopic (exact) mass is 326 g/mol. The largest absolute Gasteiger partial charge is 0.497 e. The van der Waals surface area contributed by atoms with Crippen molar-refractivity contribution < 1.29 is 14.3 Å². The zero-order chi connectivity index (χ0) is 13.1. The normalized spacial score (nSPS) is 10.2. The minimum Gasteiger partial charge on any atom is -0.497 e. The van der Waals surface area contributed by atoms with E-state index in [9.17, 15) is 4.79 Å². The van der Waals surface area contributed by atoms with E-state index in [-0.39, 0.29) is 5.78 Å². The lowest BCUT2D eigenvalue weighted by Crippen LogP contribution is -2.03. The van der Waals surface area contributed by atoms with E-state index in [1.54, 1.807) is 25.3 Å². The third kappa shape index (κ3) is 2.42. The van der Waals surface area contributed by atoms with Gasteiger partial charge in [-0.05, 0) is 39.5 Å². The average molecular weight is 327 g/mol. The van der Waals surface area contributed by atoms with Crippen molar-refractivity contribution in [3.05, 3.63) is 44.6 Å². The lowest BCUT2D eigenvalue weighted by atomic mass is 10.1. The van der Waals surface area contributed by atoms with Crippen molar-refractivity contribution >= 4 is 33.0 Å². The van der Waals surface area contributed by atoms with Gasteiger partial charge >= 0.3 is 0 Å². The van der Waals surface area contributed by atoms with Crippen LogP contribution in [0.1, 0.15) is 15.2 Å². The molecule has 2 aromatic rings. The number of benzene rings is 1. The number of ketones is 1. The molecule has 0 aliphatic rings. The molecule has 0 saturated carbocycles. The molecule has 0 atom stereocenters. The first-order chi connectivity index (χ1) is 8.67. The Labute approximate surface area is 117 Å². The maximum atomic E-state index is 12.4. The second-order valence-corrected chi connectivity index (χ2v) is 5.26.